The normalized spacial score (nSPS) is 16.3. The summed E-state index contributed by atoms with van der Waals surface area (Å²) in [5.41, 5.74) is 0.738. The number of hydrogen-bond donors (Lipinski definition) is 0. The van der Waals surface area contributed by atoms with Crippen LogP contribution < -0.4 is 4.90 Å². The van der Waals surface area contributed by atoms with Crippen LogP contribution in [0.15, 0.2) is 30.5 Å². The molecule has 0 amide bonds. The summed E-state index contributed by atoms with van der Waals surface area (Å²) in [6.45, 7) is 1.92. The van der Waals surface area contributed by atoms with Crippen LogP contribution in [0.25, 0.3) is 10.9 Å². The van der Waals surface area contributed by atoms with Crippen LogP contribution in [-0.4, -0.2) is 18.1 Å². The Bertz CT molecular complexity index is 601. The van der Waals surface area contributed by atoms with Crippen LogP contribution in [0, 0.1) is 0 Å². The summed E-state index contributed by atoms with van der Waals surface area (Å²) in [5, 5.41) is 0.789. The molecule has 0 spiro atoms. The molecule has 0 atom stereocenters. The fourth-order valence-electron chi connectivity index (χ4n) is 2.54. The van der Waals surface area contributed by atoms with Gasteiger partial charge >= 0.3 is 6.18 Å². The number of pyridine rings is 1. The van der Waals surface area contributed by atoms with E-state index in [0.29, 0.717) is 5.52 Å². The molecular weight excluding hydrogens is 253 g/mol. The van der Waals surface area contributed by atoms with Gasteiger partial charge in [-0.1, -0.05) is 6.07 Å². The average Bonchev–Trinajstić information content (AvgIpc) is 2.90. The van der Waals surface area contributed by atoms with Gasteiger partial charge in [-0.3, -0.25) is 4.98 Å². The van der Waals surface area contributed by atoms with E-state index in [1.54, 1.807) is 6.20 Å². The Morgan fingerprint density at radius 3 is 2.47 bits per heavy atom. The molecule has 0 radical (unpaired) electrons. The minimum absolute atomic E-state index is 0.402. The molecule has 1 aromatic heterocycles. The summed E-state index contributed by atoms with van der Waals surface area (Å²) >= 11 is 0. The first kappa shape index (κ1) is 12.3. The fraction of sp³-hybridized carbons (Fsp3) is 0.357. The van der Waals surface area contributed by atoms with Gasteiger partial charge in [0.05, 0.1) is 11.1 Å². The number of halogens is 3. The van der Waals surface area contributed by atoms with Crippen LogP contribution >= 0.6 is 0 Å². The van der Waals surface area contributed by atoms with Gasteiger partial charge in [0.1, 0.15) is 0 Å². The highest BCUT2D eigenvalue weighted by molar-refractivity contribution is 5.92. The molecule has 1 aromatic carbocycles. The molecule has 2 aromatic rings. The number of fused-ring (bicyclic) bond motifs is 1. The molecule has 2 nitrogen and oxygen atoms in total. The van der Waals surface area contributed by atoms with Crippen LogP contribution in [0.2, 0.25) is 0 Å². The lowest BCUT2D eigenvalue weighted by Crippen LogP contribution is -2.18. The van der Waals surface area contributed by atoms with Crippen molar-refractivity contribution < 1.29 is 13.2 Å². The third-order valence-electron chi connectivity index (χ3n) is 3.49. The average molecular weight is 266 g/mol. The van der Waals surface area contributed by atoms with E-state index in [-0.39, 0.29) is 0 Å². The first-order chi connectivity index (χ1) is 9.05. The Morgan fingerprint density at radius 1 is 1.05 bits per heavy atom. The first-order valence-electron chi connectivity index (χ1n) is 6.26. The van der Waals surface area contributed by atoms with E-state index in [1.807, 2.05) is 6.07 Å². The van der Waals surface area contributed by atoms with Crippen molar-refractivity contribution in [3.8, 4) is 0 Å². The molecule has 3 rings (SSSR count). The highest BCUT2D eigenvalue weighted by Gasteiger charge is 2.30. The highest BCUT2D eigenvalue weighted by atomic mass is 19.4. The number of alkyl halides is 3. The quantitative estimate of drug-likeness (QED) is 0.779. The standard InChI is InChI=1S/C14H13F3N2/c15-14(16,17)10-3-4-11-12(9-10)18-6-5-13(11)19-7-1-2-8-19/h3-6,9H,1-2,7-8H2. The second-order valence-electron chi connectivity index (χ2n) is 4.75. The van der Waals surface area contributed by atoms with Gasteiger partial charge in [-0.05, 0) is 31.0 Å². The molecule has 1 aliphatic rings. The lowest BCUT2D eigenvalue weighted by atomic mass is 10.1. The van der Waals surface area contributed by atoms with E-state index in [9.17, 15) is 13.2 Å². The summed E-state index contributed by atoms with van der Waals surface area (Å²) in [7, 11) is 0. The molecular formula is C14H13F3N2. The van der Waals surface area contributed by atoms with Gasteiger partial charge < -0.3 is 4.90 Å². The molecule has 2 heterocycles. The number of anilines is 1. The largest absolute Gasteiger partial charge is 0.416 e. The zero-order chi connectivity index (χ0) is 13.5. The topological polar surface area (TPSA) is 16.1 Å². The lowest BCUT2D eigenvalue weighted by molar-refractivity contribution is -0.137. The molecule has 1 saturated heterocycles. The third-order valence-corrected chi connectivity index (χ3v) is 3.49. The van der Waals surface area contributed by atoms with Gasteiger partial charge in [-0.25, -0.2) is 0 Å². The lowest BCUT2D eigenvalue weighted by Gasteiger charge is -2.19. The number of hydrogen-bond acceptors (Lipinski definition) is 2. The Hall–Kier alpha value is -1.78. The summed E-state index contributed by atoms with van der Waals surface area (Å²) in [4.78, 5) is 6.27. The van der Waals surface area contributed by atoms with E-state index < -0.39 is 11.7 Å². The van der Waals surface area contributed by atoms with Crippen molar-refractivity contribution in [2.45, 2.75) is 19.0 Å². The van der Waals surface area contributed by atoms with E-state index in [1.165, 1.54) is 6.07 Å². The van der Waals surface area contributed by atoms with E-state index >= 15 is 0 Å². The van der Waals surface area contributed by atoms with Crippen molar-refractivity contribution >= 4 is 16.6 Å². The fourth-order valence-corrected chi connectivity index (χ4v) is 2.54. The van der Waals surface area contributed by atoms with Crippen LogP contribution in [-0.2, 0) is 6.18 Å². The number of benzene rings is 1. The van der Waals surface area contributed by atoms with Crippen molar-refractivity contribution in [2.75, 3.05) is 18.0 Å². The monoisotopic (exact) mass is 266 g/mol. The molecule has 100 valence electrons. The second-order valence-corrected chi connectivity index (χ2v) is 4.75. The first-order valence-corrected chi connectivity index (χ1v) is 6.26. The third kappa shape index (κ3) is 2.25. The number of rotatable bonds is 1. The van der Waals surface area contributed by atoms with Gasteiger partial charge in [0.25, 0.3) is 0 Å². The predicted octanol–water partition coefficient (Wildman–Crippen LogP) is 3.85. The number of aromatic nitrogens is 1. The van der Waals surface area contributed by atoms with Gasteiger partial charge in [-0.15, -0.1) is 0 Å². The van der Waals surface area contributed by atoms with Crippen molar-refractivity contribution in [3.63, 3.8) is 0 Å². The van der Waals surface area contributed by atoms with Gasteiger partial charge in [0.2, 0.25) is 0 Å². The van der Waals surface area contributed by atoms with Gasteiger partial charge in [-0.2, -0.15) is 13.2 Å². The highest BCUT2D eigenvalue weighted by Crippen LogP contribution is 2.34. The summed E-state index contributed by atoms with van der Waals surface area (Å²) < 4.78 is 38.0. The summed E-state index contributed by atoms with van der Waals surface area (Å²) in [6.07, 6.45) is -0.482. The minimum atomic E-state index is -4.32. The molecule has 0 saturated carbocycles. The van der Waals surface area contributed by atoms with Crippen molar-refractivity contribution in [2.24, 2.45) is 0 Å². The van der Waals surface area contributed by atoms with E-state index in [4.69, 9.17) is 0 Å². The Labute approximate surface area is 108 Å². The van der Waals surface area contributed by atoms with Crippen molar-refractivity contribution in [1.29, 1.82) is 0 Å². The molecule has 0 bridgehead atoms. The summed E-state index contributed by atoms with van der Waals surface area (Å²) in [6, 6.07) is 5.65. The zero-order valence-electron chi connectivity index (χ0n) is 10.2. The maximum atomic E-state index is 12.7. The summed E-state index contributed by atoms with van der Waals surface area (Å²) in [5.74, 6) is 0. The van der Waals surface area contributed by atoms with E-state index in [2.05, 4.69) is 9.88 Å². The van der Waals surface area contributed by atoms with Crippen LogP contribution in [0.3, 0.4) is 0 Å². The van der Waals surface area contributed by atoms with Crippen LogP contribution in [0.5, 0.6) is 0 Å². The number of nitrogens with zero attached hydrogens (tertiary/aromatic N) is 2. The second kappa shape index (κ2) is 4.40. The zero-order valence-corrected chi connectivity index (χ0v) is 10.2. The van der Waals surface area contributed by atoms with Gasteiger partial charge in [0.15, 0.2) is 0 Å². The maximum Gasteiger partial charge on any atom is 0.416 e. The molecule has 19 heavy (non-hydrogen) atoms. The predicted molar refractivity (Wildman–Crippen MR) is 68.2 cm³/mol. The molecule has 0 aliphatic carbocycles. The molecule has 1 fully saturated rings. The molecule has 1 aliphatic heterocycles. The Morgan fingerprint density at radius 2 is 1.79 bits per heavy atom. The van der Waals surface area contributed by atoms with Crippen LogP contribution in [0.4, 0.5) is 18.9 Å². The smallest absolute Gasteiger partial charge is 0.371 e. The molecule has 5 heteroatoms. The Balaban J connectivity index is 2.11. The molecule has 0 unspecified atom stereocenters. The minimum Gasteiger partial charge on any atom is -0.371 e. The maximum absolute atomic E-state index is 12.7. The SMILES string of the molecule is FC(F)(F)c1ccc2c(N3CCCC3)ccnc2c1. The van der Waals surface area contributed by atoms with E-state index in [0.717, 1.165) is 49.1 Å². The van der Waals surface area contributed by atoms with Crippen molar-refractivity contribution in [3.05, 3.63) is 36.0 Å². The van der Waals surface area contributed by atoms with Crippen LogP contribution in [0.1, 0.15) is 18.4 Å². The Kier molecular flexibility index (Phi) is 2.84. The van der Waals surface area contributed by atoms with Crippen molar-refractivity contribution in [1.82, 2.24) is 4.98 Å². The molecule has 0 N–H and O–H groups in total. The van der Waals surface area contributed by atoms with Gasteiger partial charge in [0, 0.05) is 30.4 Å².